The van der Waals surface area contributed by atoms with Crippen LogP contribution in [0.5, 0.6) is 0 Å². The third-order valence-electron chi connectivity index (χ3n) is 7.63. The molecule has 2 aliphatic carbocycles. The molecule has 0 N–H and O–H groups in total. The molecule has 160 valence electrons. The van der Waals surface area contributed by atoms with E-state index in [1.165, 1.54) is 41.5 Å². The molecule has 1 heteroatoms. The summed E-state index contributed by atoms with van der Waals surface area (Å²) in [7, 11) is 1.05. The van der Waals surface area contributed by atoms with E-state index in [1.54, 1.807) is 16.7 Å². The first-order valence-corrected chi connectivity index (χ1v) is 13.2. The van der Waals surface area contributed by atoms with Gasteiger partial charge in [-0.25, -0.2) is 0 Å². The second-order valence-electron chi connectivity index (χ2n) is 11.9. The Kier molecular flexibility index (Phi) is 4.97. The molecule has 0 aromatic heterocycles. The Morgan fingerprint density at radius 3 is 1.84 bits per heavy atom. The fourth-order valence-corrected chi connectivity index (χ4v) is 7.87. The highest BCUT2D eigenvalue weighted by Crippen LogP contribution is 2.56. The summed E-state index contributed by atoms with van der Waals surface area (Å²) in [5.74, 6) is 0.575. The molecule has 2 radical (unpaired) electrons. The number of rotatable bonds is 2. The third kappa shape index (κ3) is 3.69. The molecule has 1 fully saturated rings. The lowest BCUT2D eigenvalue weighted by atomic mass is 9.83. The average Bonchev–Trinajstić information content (AvgIpc) is 3.43. The zero-order chi connectivity index (χ0) is 22.0. The lowest BCUT2D eigenvalue weighted by molar-refractivity contribution is 0.589. The molecule has 1 saturated heterocycles. The Morgan fingerprint density at radius 1 is 0.774 bits per heavy atom. The van der Waals surface area contributed by atoms with Gasteiger partial charge < -0.3 is 0 Å². The van der Waals surface area contributed by atoms with Gasteiger partial charge in [0.25, 0.3) is 0 Å². The third-order valence-corrected chi connectivity index (χ3v) is 9.74. The monoisotopic (exact) mass is 424 g/mol. The smallest absolute Gasteiger partial charge is 0.0513 e. The molecule has 3 aliphatic rings. The Balaban J connectivity index is 1.58. The van der Waals surface area contributed by atoms with Gasteiger partial charge >= 0.3 is 0 Å². The van der Waals surface area contributed by atoms with Crippen LogP contribution in [0, 0.1) is 0 Å². The standard InChI is InChI=1S/C30H36Si/c1-29(2,3)20-11-13-22-24(17-20)25-18-21(30(4,5)6)12-14-23(25)28(22)27-16-15-26(31-27)19-9-7-8-10-19/h7-9,11-14,17-18,26-28H,10,15-16H2,1-6H3. The molecule has 31 heavy (non-hydrogen) atoms. The Bertz CT molecular complexity index is 1010. The van der Waals surface area contributed by atoms with Crippen LogP contribution in [0.3, 0.4) is 0 Å². The van der Waals surface area contributed by atoms with Gasteiger partial charge in [0.05, 0.1) is 9.52 Å². The van der Waals surface area contributed by atoms with E-state index in [0.29, 0.717) is 5.92 Å². The first-order chi connectivity index (χ1) is 14.6. The molecular weight excluding hydrogens is 388 g/mol. The minimum atomic E-state index is 0.178. The second kappa shape index (κ2) is 7.34. The molecule has 2 aromatic carbocycles. The van der Waals surface area contributed by atoms with Gasteiger partial charge in [-0.2, -0.15) is 0 Å². The maximum absolute atomic E-state index is 2.51. The summed E-state index contributed by atoms with van der Waals surface area (Å²) in [6.45, 7) is 14.0. The first kappa shape index (κ1) is 21.0. The van der Waals surface area contributed by atoms with Crippen molar-refractivity contribution in [2.45, 2.75) is 88.6 Å². The fourth-order valence-electron chi connectivity index (χ4n) is 5.70. The van der Waals surface area contributed by atoms with E-state index in [2.05, 4.69) is 96.2 Å². The van der Waals surface area contributed by atoms with Crippen molar-refractivity contribution in [1.82, 2.24) is 0 Å². The molecule has 0 saturated carbocycles. The minimum Gasteiger partial charge on any atom is -0.0805 e. The van der Waals surface area contributed by atoms with Gasteiger partial charge in [-0.05, 0) is 68.1 Å². The van der Waals surface area contributed by atoms with Crippen LogP contribution >= 0.6 is 0 Å². The van der Waals surface area contributed by atoms with Crippen molar-refractivity contribution in [1.29, 1.82) is 0 Å². The molecule has 5 rings (SSSR count). The van der Waals surface area contributed by atoms with E-state index in [4.69, 9.17) is 0 Å². The molecule has 2 aromatic rings. The Labute approximate surface area is 191 Å². The first-order valence-electron chi connectivity index (χ1n) is 12.0. The van der Waals surface area contributed by atoms with E-state index in [9.17, 15) is 0 Å². The predicted molar refractivity (Wildman–Crippen MR) is 135 cm³/mol. The van der Waals surface area contributed by atoms with Crippen molar-refractivity contribution in [2.75, 3.05) is 0 Å². The van der Waals surface area contributed by atoms with Crippen LogP contribution in [0.2, 0.25) is 11.1 Å². The highest BCUT2D eigenvalue weighted by molar-refractivity contribution is 6.42. The van der Waals surface area contributed by atoms with E-state index >= 15 is 0 Å². The van der Waals surface area contributed by atoms with Crippen LogP contribution in [0.15, 0.2) is 60.2 Å². The number of benzene rings is 2. The maximum Gasteiger partial charge on any atom is 0.0513 e. The van der Waals surface area contributed by atoms with Gasteiger partial charge in [0.2, 0.25) is 0 Å². The van der Waals surface area contributed by atoms with Crippen molar-refractivity contribution in [3.63, 3.8) is 0 Å². The SMILES string of the molecule is CC(C)(C)c1ccc2c(c1)-c1cc(C(C)(C)C)ccc1C2C1CCC(C2=CC=CC2)[Si]1. The van der Waals surface area contributed by atoms with E-state index in [0.717, 1.165) is 20.6 Å². The molecule has 0 bridgehead atoms. The van der Waals surface area contributed by atoms with Crippen LogP contribution in [-0.4, -0.2) is 9.52 Å². The highest BCUT2D eigenvalue weighted by atomic mass is 28.2. The van der Waals surface area contributed by atoms with Crippen LogP contribution in [0.25, 0.3) is 11.1 Å². The maximum atomic E-state index is 2.51. The Morgan fingerprint density at radius 2 is 1.35 bits per heavy atom. The van der Waals surface area contributed by atoms with E-state index < -0.39 is 0 Å². The molecule has 0 spiro atoms. The molecule has 0 amide bonds. The number of hydrogen-bond acceptors (Lipinski definition) is 0. The number of allylic oxidation sites excluding steroid dienone is 4. The minimum absolute atomic E-state index is 0.178. The van der Waals surface area contributed by atoms with Gasteiger partial charge in [-0.15, -0.1) is 0 Å². The van der Waals surface area contributed by atoms with Gasteiger partial charge in [-0.1, -0.05) is 108 Å². The molecule has 2 atom stereocenters. The van der Waals surface area contributed by atoms with Crippen molar-refractivity contribution >= 4 is 9.52 Å². The molecule has 1 aliphatic heterocycles. The molecule has 2 unspecified atom stereocenters. The van der Waals surface area contributed by atoms with Crippen LogP contribution in [0.1, 0.15) is 89.0 Å². The van der Waals surface area contributed by atoms with Gasteiger partial charge in [0.15, 0.2) is 0 Å². The fraction of sp³-hybridized carbons (Fsp3) is 0.467. The quantitative estimate of drug-likeness (QED) is 0.425. The van der Waals surface area contributed by atoms with Crippen molar-refractivity contribution < 1.29 is 0 Å². The van der Waals surface area contributed by atoms with Gasteiger partial charge in [-0.3, -0.25) is 0 Å². The molecular formula is C30H36Si. The van der Waals surface area contributed by atoms with Crippen LogP contribution < -0.4 is 0 Å². The summed E-state index contributed by atoms with van der Waals surface area (Å²) >= 11 is 0. The summed E-state index contributed by atoms with van der Waals surface area (Å²) in [5, 5.41) is 0. The molecule has 0 nitrogen and oxygen atoms in total. The summed E-state index contributed by atoms with van der Waals surface area (Å²) < 4.78 is 0. The predicted octanol–water partition coefficient (Wildman–Crippen LogP) is 8.36. The Hall–Kier alpha value is -1.86. The highest BCUT2D eigenvalue weighted by Gasteiger charge is 2.40. The van der Waals surface area contributed by atoms with Gasteiger partial charge in [0, 0.05) is 5.92 Å². The van der Waals surface area contributed by atoms with Crippen LogP contribution in [0.4, 0.5) is 0 Å². The largest absolute Gasteiger partial charge is 0.0805 e. The topological polar surface area (TPSA) is 0 Å². The zero-order valence-electron chi connectivity index (χ0n) is 20.0. The van der Waals surface area contributed by atoms with E-state index in [-0.39, 0.29) is 10.8 Å². The summed E-state index contributed by atoms with van der Waals surface area (Å²) in [4.78, 5) is 0. The number of hydrogen-bond donors (Lipinski definition) is 0. The second-order valence-corrected chi connectivity index (χ2v) is 13.6. The van der Waals surface area contributed by atoms with Gasteiger partial charge in [0.1, 0.15) is 0 Å². The number of fused-ring (bicyclic) bond motifs is 3. The van der Waals surface area contributed by atoms with Crippen molar-refractivity contribution in [2.24, 2.45) is 0 Å². The zero-order valence-corrected chi connectivity index (χ0v) is 21.0. The van der Waals surface area contributed by atoms with E-state index in [1.807, 2.05) is 0 Å². The normalized spacial score (nSPS) is 23.2. The van der Waals surface area contributed by atoms with Crippen molar-refractivity contribution in [3.05, 3.63) is 82.5 Å². The average molecular weight is 425 g/mol. The van der Waals surface area contributed by atoms with Crippen LogP contribution in [-0.2, 0) is 10.8 Å². The summed E-state index contributed by atoms with van der Waals surface area (Å²) in [6.07, 6.45) is 10.9. The molecule has 1 heterocycles. The lowest BCUT2D eigenvalue weighted by Crippen LogP contribution is -2.13. The summed E-state index contributed by atoms with van der Waals surface area (Å²) in [6, 6.07) is 14.8. The van der Waals surface area contributed by atoms with Crippen molar-refractivity contribution in [3.8, 4) is 11.1 Å². The lowest BCUT2D eigenvalue weighted by Gasteiger charge is -2.24. The summed E-state index contributed by atoms with van der Waals surface area (Å²) in [5.41, 5.74) is 12.7.